The molecular formula is C24H25N5O2. The number of carbonyl (C=O) groups is 1. The summed E-state index contributed by atoms with van der Waals surface area (Å²) in [6.07, 6.45) is 2.85. The third kappa shape index (κ3) is 3.41. The molecule has 3 N–H and O–H groups in total. The molecule has 4 aromatic rings. The van der Waals surface area contributed by atoms with E-state index in [1.807, 2.05) is 47.0 Å². The number of nitrogens with zero attached hydrogens (tertiary/aromatic N) is 3. The predicted octanol–water partition coefficient (Wildman–Crippen LogP) is 3.63. The van der Waals surface area contributed by atoms with E-state index in [1.165, 1.54) is 0 Å². The van der Waals surface area contributed by atoms with Crippen LogP contribution in [0.25, 0.3) is 27.9 Å². The van der Waals surface area contributed by atoms with Crippen molar-refractivity contribution in [2.24, 2.45) is 0 Å². The lowest BCUT2D eigenvalue weighted by atomic mass is 10.1. The number of rotatable bonds is 5. The number of hydrogen-bond acceptors (Lipinski definition) is 5. The van der Waals surface area contributed by atoms with Crippen LogP contribution < -0.4 is 11.1 Å². The minimum atomic E-state index is -0.254. The summed E-state index contributed by atoms with van der Waals surface area (Å²) in [7, 11) is 0. The van der Waals surface area contributed by atoms with E-state index >= 15 is 0 Å². The molecule has 1 atom stereocenters. The number of aryl methyl sites for hydroxylation is 1. The van der Waals surface area contributed by atoms with Gasteiger partial charge in [0.05, 0.1) is 22.8 Å². The number of nitrogen functional groups attached to an aromatic ring is 1. The van der Waals surface area contributed by atoms with Gasteiger partial charge in [-0.15, -0.1) is 0 Å². The van der Waals surface area contributed by atoms with Crippen molar-refractivity contribution in [2.75, 3.05) is 18.9 Å². The maximum absolute atomic E-state index is 13.2. The second-order valence-corrected chi connectivity index (χ2v) is 7.81. The highest BCUT2D eigenvalue weighted by Gasteiger charge is 2.26. The van der Waals surface area contributed by atoms with Gasteiger partial charge in [0.2, 0.25) is 0 Å². The van der Waals surface area contributed by atoms with E-state index in [1.54, 1.807) is 0 Å². The van der Waals surface area contributed by atoms with E-state index in [-0.39, 0.29) is 12.0 Å². The number of hydrogen-bond donors (Lipinski definition) is 2. The van der Waals surface area contributed by atoms with Gasteiger partial charge in [0.15, 0.2) is 5.65 Å². The maximum atomic E-state index is 13.2. The molecule has 1 amide bonds. The van der Waals surface area contributed by atoms with Gasteiger partial charge in [-0.1, -0.05) is 37.3 Å². The number of fused-ring (bicyclic) bond motifs is 2. The zero-order valence-electron chi connectivity index (χ0n) is 17.5. The standard InChI is InChI=1S/C24H25N5O2/c1-2-15-8-3-6-12-19(15)29-22(25)20(24(30)26-14-16-9-7-13-31-16)21-23(29)28-18-11-5-4-10-17(18)27-21/h3-6,8,10-12,16H,2,7,9,13-14,25H2,1H3,(H,26,30)/t16-/m0/s1. The molecule has 1 aliphatic rings. The fourth-order valence-corrected chi connectivity index (χ4v) is 4.26. The fourth-order valence-electron chi connectivity index (χ4n) is 4.26. The van der Waals surface area contributed by atoms with Gasteiger partial charge in [-0.2, -0.15) is 0 Å². The SMILES string of the molecule is CCc1ccccc1-n1c(N)c(C(=O)NC[C@@H]2CCCO2)c2nc3ccccc3nc21. The van der Waals surface area contributed by atoms with Crippen molar-refractivity contribution >= 4 is 33.9 Å². The number of benzene rings is 2. The topological polar surface area (TPSA) is 95.1 Å². The number of aromatic nitrogens is 3. The fraction of sp³-hybridized carbons (Fsp3) is 0.292. The van der Waals surface area contributed by atoms with E-state index < -0.39 is 0 Å². The highest BCUT2D eigenvalue weighted by atomic mass is 16.5. The summed E-state index contributed by atoms with van der Waals surface area (Å²) in [5.74, 6) is 0.0892. The number of ether oxygens (including phenoxy) is 1. The van der Waals surface area contributed by atoms with Gasteiger partial charge < -0.3 is 15.8 Å². The van der Waals surface area contributed by atoms with Crippen LogP contribution in [-0.2, 0) is 11.2 Å². The minimum Gasteiger partial charge on any atom is -0.384 e. The monoisotopic (exact) mass is 415 g/mol. The van der Waals surface area contributed by atoms with Crippen molar-refractivity contribution in [3.8, 4) is 5.69 Å². The molecule has 0 bridgehead atoms. The van der Waals surface area contributed by atoms with Crippen LogP contribution in [0.15, 0.2) is 48.5 Å². The molecule has 158 valence electrons. The molecule has 3 heterocycles. The second-order valence-electron chi connectivity index (χ2n) is 7.81. The van der Waals surface area contributed by atoms with Gasteiger partial charge in [-0.05, 0) is 43.0 Å². The Hall–Kier alpha value is -3.45. The number of nitrogens with one attached hydrogen (secondary N) is 1. The summed E-state index contributed by atoms with van der Waals surface area (Å²) in [5.41, 5.74) is 11.6. The first kappa shape index (κ1) is 19.5. The van der Waals surface area contributed by atoms with Gasteiger partial charge in [0.1, 0.15) is 16.9 Å². The quantitative estimate of drug-likeness (QED) is 0.519. The van der Waals surface area contributed by atoms with Crippen molar-refractivity contribution in [3.05, 3.63) is 59.7 Å². The number of para-hydroxylation sites is 3. The predicted molar refractivity (Wildman–Crippen MR) is 121 cm³/mol. The van der Waals surface area contributed by atoms with Crippen molar-refractivity contribution in [1.29, 1.82) is 0 Å². The molecule has 0 unspecified atom stereocenters. The average molecular weight is 415 g/mol. The number of carbonyl (C=O) groups excluding carboxylic acids is 1. The molecule has 7 heteroatoms. The average Bonchev–Trinajstić information content (AvgIpc) is 3.41. The molecule has 1 saturated heterocycles. The van der Waals surface area contributed by atoms with Crippen molar-refractivity contribution in [2.45, 2.75) is 32.3 Å². The third-order valence-corrected chi connectivity index (χ3v) is 5.85. The summed E-state index contributed by atoms with van der Waals surface area (Å²) in [5, 5.41) is 2.99. The Morgan fingerprint density at radius 1 is 1.16 bits per heavy atom. The third-order valence-electron chi connectivity index (χ3n) is 5.85. The second kappa shape index (κ2) is 8.00. The molecule has 7 nitrogen and oxygen atoms in total. The molecule has 31 heavy (non-hydrogen) atoms. The van der Waals surface area contributed by atoms with E-state index in [9.17, 15) is 4.79 Å². The summed E-state index contributed by atoms with van der Waals surface area (Å²) >= 11 is 0. The molecular weight excluding hydrogens is 390 g/mol. The van der Waals surface area contributed by atoms with Gasteiger partial charge in [0, 0.05) is 13.2 Å². The zero-order chi connectivity index (χ0) is 21.4. The van der Waals surface area contributed by atoms with E-state index in [0.29, 0.717) is 29.1 Å². The van der Waals surface area contributed by atoms with Crippen LogP contribution in [0.3, 0.4) is 0 Å². The van der Waals surface area contributed by atoms with E-state index in [0.717, 1.165) is 48.2 Å². The van der Waals surface area contributed by atoms with Gasteiger partial charge in [-0.25, -0.2) is 9.97 Å². The number of anilines is 1. The van der Waals surface area contributed by atoms with Crippen LogP contribution in [0.2, 0.25) is 0 Å². The molecule has 0 aliphatic carbocycles. The summed E-state index contributed by atoms with van der Waals surface area (Å²) in [4.78, 5) is 22.9. The summed E-state index contributed by atoms with van der Waals surface area (Å²) < 4.78 is 7.50. The maximum Gasteiger partial charge on any atom is 0.257 e. The molecule has 1 fully saturated rings. The zero-order valence-corrected chi connectivity index (χ0v) is 17.5. The summed E-state index contributed by atoms with van der Waals surface area (Å²) in [6, 6.07) is 15.7. The Labute approximate surface area is 180 Å². The number of amides is 1. The Morgan fingerprint density at radius 3 is 2.65 bits per heavy atom. The summed E-state index contributed by atoms with van der Waals surface area (Å²) in [6.45, 7) is 3.29. The molecule has 2 aromatic carbocycles. The van der Waals surface area contributed by atoms with Crippen LogP contribution in [0.1, 0.15) is 35.7 Å². The Bertz CT molecular complexity index is 1270. The molecule has 1 aliphatic heterocycles. The minimum absolute atomic E-state index is 0.0475. The largest absolute Gasteiger partial charge is 0.384 e. The first-order valence-electron chi connectivity index (χ1n) is 10.7. The lowest BCUT2D eigenvalue weighted by Crippen LogP contribution is -2.32. The molecule has 0 saturated carbocycles. The van der Waals surface area contributed by atoms with Crippen molar-refractivity contribution < 1.29 is 9.53 Å². The Morgan fingerprint density at radius 2 is 1.90 bits per heavy atom. The van der Waals surface area contributed by atoms with Gasteiger partial charge >= 0.3 is 0 Å². The van der Waals surface area contributed by atoms with E-state index in [4.69, 9.17) is 20.4 Å². The Balaban J connectivity index is 1.69. The lowest BCUT2D eigenvalue weighted by molar-refractivity contribution is 0.0859. The molecule has 2 aromatic heterocycles. The highest BCUT2D eigenvalue weighted by Crippen LogP contribution is 2.32. The molecule has 0 radical (unpaired) electrons. The Kier molecular flexibility index (Phi) is 5.03. The van der Waals surface area contributed by atoms with Crippen LogP contribution in [0.5, 0.6) is 0 Å². The molecule has 5 rings (SSSR count). The first-order chi connectivity index (χ1) is 15.2. The van der Waals surface area contributed by atoms with Crippen LogP contribution >= 0.6 is 0 Å². The smallest absolute Gasteiger partial charge is 0.257 e. The van der Waals surface area contributed by atoms with Crippen molar-refractivity contribution in [1.82, 2.24) is 19.9 Å². The van der Waals surface area contributed by atoms with E-state index in [2.05, 4.69) is 18.3 Å². The van der Waals surface area contributed by atoms with Crippen molar-refractivity contribution in [3.63, 3.8) is 0 Å². The lowest BCUT2D eigenvalue weighted by Gasteiger charge is -2.13. The van der Waals surface area contributed by atoms with Crippen LogP contribution in [-0.4, -0.2) is 39.7 Å². The number of nitrogens with two attached hydrogens (primary N) is 1. The highest BCUT2D eigenvalue weighted by molar-refractivity contribution is 6.11. The van der Waals surface area contributed by atoms with Gasteiger partial charge in [0.25, 0.3) is 5.91 Å². The first-order valence-corrected chi connectivity index (χ1v) is 10.7. The van der Waals surface area contributed by atoms with Crippen LogP contribution in [0.4, 0.5) is 5.82 Å². The normalized spacial score (nSPS) is 16.2. The molecule has 0 spiro atoms. The van der Waals surface area contributed by atoms with Crippen LogP contribution in [0, 0.1) is 0 Å². The van der Waals surface area contributed by atoms with Gasteiger partial charge in [-0.3, -0.25) is 9.36 Å².